The molecule has 1 aromatic rings. The van der Waals surface area contributed by atoms with Crippen LogP contribution in [0.2, 0.25) is 0 Å². The number of esters is 1. The number of unbranched alkanes of at least 4 members (excludes halogenated alkanes) is 1. The van der Waals surface area contributed by atoms with Gasteiger partial charge in [0, 0.05) is 0 Å². The highest BCUT2D eigenvalue weighted by Crippen LogP contribution is 2.35. The largest absolute Gasteiger partial charge is 0.459 e. The van der Waals surface area contributed by atoms with Gasteiger partial charge in [-0.15, -0.1) is 0 Å². The lowest BCUT2D eigenvalue weighted by Crippen LogP contribution is -2.24. The molecule has 0 atom stereocenters. The molecule has 0 heterocycles. The Bertz CT molecular complexity index is 546. The van der Waals surface area contributed by atoms with Crippen LogP contribution in [0.3, 0.4) is 0 Å². The lowest BCUT2D eigenvalue weighted by atomic mass is 9.79. The Hall–Kier alpha value is -1.31. The zero-order valence-corrected chi connectivity index (χ0v) is 16.7. The lowest BCUT2D eigenvalue weighted by molar-refractivity contribution is 0.0161. The number of hydrogen-bond donors (Lipinski definition) is 0. The quantitative estimate of drug-likeness (QED) is 0.519. The predicted octanol–water partition coefficient (Wildman–Crippen LogP) is 6.89. The van der Waals surface area contributed by atoms with Crippen LogP contribution in [0.15, 0.2) is 24.3 Å². The van der Waals surface area contributed by atoms with Crippen LogP contribution in [0, 0.1) is 11.8 Å². The maximum Gasteiger partial charge on any atom is 0.338 e. The van der Waals surface area contributed by atoms with Gasteiger partial charge in [0.05, 0.1) is 5.56 Å². The van der Waals surface area contributed by atoms with E-state index in [1.807, 2.05) is 12.1 Å². The van der Waals surface area contributed by atoms with Crippen molar-refractivity contribution in [3.05, 3.63) is 35.4 Å². The number of carbonyl (C=O) groups excluding carboxylic acids is 1. The van der Waals surface area contributed by atoms with Gasteiger partial charge >= 0.3 is 5.97 Å². The Balaban J connectivity index is 1.46. The molecule has 0 saturated heterocycles. The zero-order chi connectivity index (χ0) is 18.4. The average Bonchev–Trinajstić information content (AvgIpc) is 2.68. The van der Waals surface area contributed by atoms with E-state index < -0.39 is 0 Å². The van der Waals surface area contributed by atoms with Crippen molar-refractivity contribution < 1.29 is 9.53 Å². The first-order valence-electron chi connectivity index (χ1n) is 11.0. The van der Waals surface area contributed by atoms with Gasteiger partial charge < -0.3 is 4.74 Å². The molecule has 0 aliphatic heterocycles. The van der Waals surface area contributed by atoms with Crippen LogP contribution in [0.4, 0.5) is 0 Å². The SMILES string of the molecule is CCCCC1CCC(OC(=O)c2ccc(C3CCC(C)CC3)cc2)CC1. The molecule has 2 fully saturated rings. The van der Waals surface area contributed by atoms with E-state index >= 15 is 0 Å². The molecule has 2 heteroatoms. The fourth-order valence-electron chi connectivity index (χ4n) is 4.74. The van der Waals surface area contributed by atoms with Gasteiger partial charge in [0.2, 0.25) is 0 Å². The van der Waals surface area contributed by atoms with Gasteiger partial charge in [0.15, 0.2) is 0 Å². The van der Waals surface area contributed by atoms with Gasteiger partial charge in [-0.25, -0.2) is 4.79 Å². The first kappa shape index (κ1) is 19.5. The van der Waals surface area contributed by atoms with Crippen LogP contribution >= 0.6 is 0 Å². The smallest absolute Gasteiger partial charge is 0.338 e. The van der Waals surface area contributed by atoms with Crippen molar-refractivity contribution in [2.45, 2.75) is 96.5 Å². The zero-order valence-electron chi connectivity index (χ0n) is 16.7. The molecule has 2 nitrogen and oxygen atoms in total. The van der Waals surface area contributed by atoms with E-state index in [2.05, 4.69) is 26.0 Å². The molecule has 0 bridgehead atoms. The van der Waals surface area contributed by atoms with Crippen LogP contribution in [0.5, 0.6) is 0 Å². The minimum absolute atomic E-state index is 0.125. The number of rotatable bonds is 6. The van der Waals surface area contributed by atoms with Gasteiger partial charge in [-0.2, -0.15) is 0 Å². The third-order valence-corrected chi connectivity index (χ3v) is 6.67. The predicted molar refractivity (Wildman–Crippen MR) is 108 cm³/mol. The van der Waals surface area contributed by atoms with E-state index in [1.165, 1.54) is 63.4 Å². The lowest BCUT2D eigenvalue weighted by Gasteiger charge is -2.28. The minimum atomic E-state index is -0.133. The highest BCUT2D eigenvalue weighted by atomic mass is 16.5. The van der Waals surface area contributed by atoms with Crippen molar-refractivity contribution in [1.82, 2.24) is 0 Å². The van der Waals surface area contributed by atoms with E-state index in [-0.39, 0.29) is 12.1 Å². The van der Waals surface area contributed by atoms with Crippen molar-refractivity contribution in [3.63, 3.8) is 0 Å². The van der Waals surface area contributed by atoms with Gasteiger partial charge in [-0.3, -0.25) is 0 Å². The average molecular weight is 357 g/mol. The van der Waals surface area contributed by atoms with E-state index in [0.29, 0.717) is 11.5 Å². The van der Waals surface area contributed by atoms with Crippen molar-refractivity contribution in [2.24, 2.45) is 11.8 Å². The summed E-state index contributed by atoms with van der Waals surface area (Å²) in [7, 11) is 0. The molecule has 2 saturated carbocycles. The fraction of sp³-hybridized carbons (Fsp3) is 0.708. The molecule has 3 rings (SSSR count). The van der Waals surface area contributed by atoms with Gasteiger partial charge in [0.1, 0.15) is 6.10 Å². The van der Waals surface area contributed by atoms with E-state index in [4.69, 9.17) is 4.74 Å². The third-order valence-electron chi connectivity index (χ3n) is 6.67. The second-order valence-electron chi connectivity index (χ2n) is 8.77. The van der Waals surface area contributed by atoms with E-state index in [9.17, 15) is 4.79 Å². The second kappa shape index (κ2) is 9.58. The van der Waals surface area contributed by atoms with Crippen molar-refractivity contribution in [2.75, 3.05) is 0 Å². The molecule has 144 valence electrons. The van der Waals surface area contributed by atoms with Gasteiger partial charge in [0.25, 0.3) is 0 Å². The number of benzene rings is 1. The first-order chi connectivity index (χ1) is 12.7. The van der Waals surface area contributed by atoms with Crippen molar-refractivity contribution >= 4 is 5.97 Å². The Morgan fingerprint density at radius 1 is 0.962 bits per heavy atom. The highest BCUT2D eigenvalue weighted by Gasteiger charge is 2.24. The topological polar surface area (TPSA) is 26.3 Å². The minimum Gasteiger partial charge on any atom is -0.459 e. The summed E-state index contributed by atoms with van der Waals surface area (Å²) in [5.74, 6) is 2.26. The summed E-state index contributed by atoms with van der Waals surface area (Å²) in [6.07, 6.45) is 13.8. The van der Waals surface area contributed by atoms with E-state index in [0.717, 1.165) is 24.7 Å². The van der Waals surface area contributed by atoms with Crippen LogP contribution in [0.25, 0.3) is 0 Å². The molecule has 0 unspecified atom stereocenters. The van der Waals surface area contributed by atoms with Crippen LogP contribution in [-0.4, -0.2) is 12.1 Å². The Morgan fingerprint density at radius 3 is 2.23 bits per heavy atom. The molecule has 2 aliphatic rings. The third kappa shape index (κ3) is 5.34. The highest BCUT2D eigenvalue weighted by molar-refractivity contribution is 5.89. The number of ether oxygens (including phenoxy) is 1. The van der Waals surface area contributed by atoms with Crippen LogP contribution in [0.1, 0.15) is 106 Å². The summed E-state index contributed by atoms with van der Waals surface area (Å²) >= 11 is 0. The first-order valence-corrected chi connectivity index (χ1v) is 11.0. The molecular formula is C24H36O2. The summed E-state index contributed by atoms with van der Waals surface area (Å²) in [5.41, 5.74) is 2.11. The summed E-state index contributed by atoms with van der Waals surface area (Å²) in [6.45, 7) is 4.61. The Kier molecular flexibility index (Phi) is 7.16. The summed E-state index contributed by atoms with van der Waals surface area (Å²) in [5, 5.41) is 0. The molecular weight excluding hydrogens is 320 g/mol. The summed E-state index contributed by atoms with van der Waals surface area (Å²) < 4.78 is 5.79. The van der Waals surface area contributed by atoms with Gasteiger partial charge in [-0.1, -0.05) is 58.1 Å². The molecule has 1 aromatic carbocycles. The molecule has 0 radical (unpaired) electrons. The number of hydrogen-bond acceptors (Lipinski definition) is 2. The Morgan fingerprint density at radius 2 is 1.62 bits per heavy atom. The summed E-state index contributed by atoms with van der Waals surface area (Å²) in [4.78, 5) is 12.5. The van der Waals surface area contributed by atoms with Crippen LogP contribution < -0.4 is 0 Å². The summed E-state index contributed by atoms with van der Waals surface area (Å²) in [6, 6.07) is 8.25. The fourth-order valence-corrected chi connectivity index (χ4v) is 4.74. The molecule has 0 N–H and O–H groups in total. The number of carbonyl (C=O) groups is 1. The van der Waals surface area contributed by atoms with Crippen molar-refractivity contribution in [1.29, 1.82) is 0 Å². The van der Waals surface area contributed by atoms with Crippen molar-refractivity contribution in [3.8, 4) is 0 Å². The molecule has 0 spiro atoms. The molecule has 0 aromatic heterocycles. The maximum absolute atomic E-state index is 12.5. The maximum atomic E-state index is 12.5. The van der Waals surface area contributed by atoms with E-state index in [1.54, 1.807) is 0 Å². The molecule has 0 amide bonds. The second-order valence-corrected chi connectivity index (χ2v) is 8.77. The standard InChI is InChI=1S/C24H36O2/c1-3-4-5-19-8-16-23(17-9-19)26-24(25)22-14-12-21(13-15-22)20-10-6-18(2)7-11-20/h12-15,18-20,23H,3-11,16-17H2,1-2H3. The Labute approximate surface area is 159 Å². The monoisotopic (exact) mass is 356 g/mol. The normalized spacial score (nSPS) is 29.3. The molecule has 26 heavy (non-hydrogen) atoms. The van der Waals surface area contributed by atoms with Gasteiger partial charge in [-0.05, 0) is 74.0 Å². The van der Waals surface area contributed by atoms with Crippen LogP contribution in [-0.2, 0) is 4.74 Å². The molecule has 2 aliphatic carbocycles.